The van der Waals surface area contributed by atoms with Crippen molar-refractivity contribution in [3.8, 4) is 0 Å². The molecule has 27 heavy (non-hydrogen) atoms. The molecule has 0 aliphatic carbocycles. The van der Waals surface area contributed by atoms with E-state index in [4.69, 9.17) is 4.74 Å². The minimum atomic E-state index is 0.151. The summed E-state index contributed by atoms with van der Waals surface area (Å²) in [5.74, 6) is 0.732. The molecular formula is C24H26N2O. The Labute approximate surface area is 160 Å². The minimum Gasteiger partial charge on any atom is -0.353 e. The van der Waals surface area contributed by atoms with Gasteiger partial charge in [0.15, 0.2) is 0 Å². The first-order valence-electron chi connectivity index (χ1n) is 10.4. The number of para-hydroxylation sites is 1. The van der Waals surface area contributed by atoms with Crippen LogP contribution in [0.4, 0.5) is 0 Å². The Bertz CT molecular complexity index is 977. The molecular weight excluding hydrogens is 332 g/mol. The number of fused-ring (bicyclic) bond motifs is 3. The van der Waals surface area contributed by atoms with Crippen LogP contribution in [-0.2, 0) is 17.8 Å². The maximum atomic E-state index is 6.57. The van der Waals surface area contributed by atoms with Gasteiger partial charge in [0.1, 0.15) is 6.23 Å². The van der Waals surface area contributed by atoms with E-state index in [2.05, 4.69) is 64.1 Å². The molecule has 1 unspecified atom stereocenters. The van der Waals surface area contributed by atoms with Crippen molar-refractivity contribution in [1.82, 2.24) is 9.47 Å². The molecule has 3 aliphatic rings. The summed E-state index contributed by atoms with van der Waals surface area (Å²) in [5, 5.41) is 1.45. The number of rotatable bonds is 3. The van der Waals surface area contributed by atoms with Crippen LogP contribution in [0.25, 0.3) is 10.9 Å². The maximum absolute atomic E-state index is 6.57. The van der Waals surface area contributed by atoms with Crippen molar-refractivity contribution in [3.05, 3.63) is 71.4 Å². The van der Waals surface area contributed by atoms with E-state index in [9.17, 15) is 0 Å². The van der Waals surface area contributed by atoms with Gasteiger partial charge < -0.3 is 9.30 Å². The van der Waals surface area contributed by atoms with Crippen LogP contribution in [0.5, 0.6) is 0 Å². The first kappa shape index (κ1) is 15.9. The summed E-state index contributed by atoms with van der Waals surface area (Å²) in [4.78, 5) is 2.75. The predicted octanol–water partition coefficient (Wildman–Crippen LogP) is 5.07. The van der Waals surface area contributed by atoms with E-state index >= 15 is 0 Å². The average molecular weight is 358 g/mol. The second-order valence-corrected chi connectivity index (χ2v) is 8.37. The lowest BCUT2D eigenvalue weighted by Crippen LogP contribution is -2.47. The lowest BCUT2D eigenvalue weighted by atomic mass is 9.78. The highest BCUT2D eigenvalue weighted by Crippen LogP contribution is 2.51. The molecule has 1 fully saturated rings. The highest BCUT2D eigenvalue weighted by Gasteiger charge is 2.45. The summed E-state index contributed by atoms with van der Waals surface area (Å²) in [6.45, 7) is 3.17. The molecule has 1 aromatic heterocycles. The van der Waals surface area contributed by atoms with Crippen molar-refractivity contribution in [2.24, 2.45) is 5.92 Å². The van der Waals surface area contributed by atoms with E-state index < -0.39 is 0 Å². The van der Waals surface area contributed by atoms with Crippen LogP contribution in [0.15, 0.2) is 54.6 Å². The molecule has 0 spiro atoms. The van der Waals surface area contributed by atoms with E-state index in [-0.39, 0.29) is 6.23 Å². The van der Waals surface area contributed by atoms with Gasteiger partial charge in [-0.2, -0.15) is 0 Å². The molecule has 1 saturated heterocycles. The second-order valence-electron chi connectivity index (χ2n) is 8.37. The lowest BCUT2D eigenvalue weighted by molar-refractivity contribution is -0.0668. The standard InChI is InChI=1S/C24H26N2O/c1-2-7-17(8-3-1)16-27-22-15-18-9-6-13-25-14-12-20-19-10-4-5-11-21(19)26(22)24(20)23(18)25/h1-5,7-8,10-11,18,22-23H,6,9,12-16H2/t18-,22?,23-/m1/s1. The van der Waals surface area contributed by atoms with E-state index in [1.807, 2.05) is 0 Å². The third-order valence-corrected chi connectivity index (χ3v) is 6.92. The van der Waals surface area contributed by atoms with Crippen LogP contribution in [-0.4, -0.2) is 22.6 Å². The number of benzene rings is 2. The molecule has 3 aromatic rings. The summed E-state index contributed by atoms with van der Waals surface area (Å²) in [5.41, 5.74) is 5.78. The number of nitrogens with zero attached hydrogens (tertiary/aromatic N) is 2. The normalized spacial score (nSPS) is 26.9. The Hall–Kier alpha value is -2.10. The largest absolute Gasteiger partial charge is 0.353 e. The number of hydrogen-bond acceptors (Lipinski definition) is 2. The molecule has 3 heteroatoms. The molecule has 6 rings (SSSR count). The predicted molar refractivity (Wildman–Crippen MR) is 108 cm³/mol. The molecule has 0 amide bonds. The molecule has 0 bridgehead atoms. The zero-order valence-electron chi connectivity index (χ0n) is 15.7. The number of ether oxygens (including phenoxy) is 1. The smallest absolute Gasteiger partial charge is 0.135 e. The van der Waals surface area contributed by atoms with Crippen molar-refractivity contribution in [2.45, 2.75) is 44.6 Å². The summed E-state index contributed by atoms with van der Waals surface area (Å²) >= 11 is 0. The van der Waals surface area contributed by atoms with Crippen LogP contribution in [0.2, 0.25) is 0 Å². The summed E-state index contributed by atoms with van der Waals surface area (Å²) < 4.78 is 9.13. The molecule has 3 nitrogen and oxygen atoms in total. The molecule has 0 N–H and O–H groups in total. The minimum absolute atomic E-state index is 0.151. The fourth-order valence-electron chi connectivity index (χ4n) is 5.82. The summed E-state index contributed by atoms with van der Waals surface area (Å²) in [6.07, 6.45) is 5.14. The SMILES string of the molecule is c1ccc(COC2C[C@H]3CCCN4CCc5c(n2c2ccccc52)[C@@H]34)cc1. The van der Waals surface area contributed by atoms with E-state index in [0.29, 0.717) is 12.6 Å². The van der Waals surface area contributed by atoms with Gasteiger partial charge in [0, 0.05) is 17.6 Å². The summed E-state index contributed by atoms with van der Waals surface area (Å²) in [6, 6.07) is 20.2. The first-order valence-corrected chi connectivity index (χ1v) is 10.4. The number of piperidine rings is 1. The Morgan fingerprint density at radius 2 is 1.81 bits per heavy atom. The van der Waals surface area contributed by atoms with E-state index in [1.165, 1.54) is 48.8 Å². The maximum Gasteiger partial charge on any atom is 0.135 e. The molecule has 4 heterocycles. The fourth-order valence-corrected chi connectivity index (χ4v) is 5.82. The van der Waals surface area contributed by atoms with Crippen LogP contribution >= 0.6 is 0 Å². The molecule has 3 aliphatic heterocycles. The topological polar surface area (TPSA) is 17.4 Å². The van der Waals surface area contributed by atoms with Crippen LogP contribution in [0, 0.1) is 5.92 Å². The van der Waals surface area contributed by atoms with E-state index in [1.54, 1.807) is 11.3 Å². The Morgan fingerprint density at radius 1 is 0.963 bits per heavy atom. The lowest BCUT2D eigenvalue weighted by Gasteiger charge is -2.49. The number of hydrogen-bond donors (Lipinski definition) is 0. The van der Waals surface area contributed by atoms with Crippen LogP contribution in [0.1, 0.15) is 48.4 Å². The first-order chi connectivity index (χ1) is 13.4. The quantitative estimate of drug-likeness (QED) is 0.650. The van der Waals surface area contributed by atoms with Crippen molar-refractivity contribution in [3.63, 3.8) is 0 Å². The van der Waals surface area contributed by atoms with Gasteiger partial charge in [0.2, 0.25) is 0 Å². The van der Waals surface area contributed by atoms with Gasteiger partial charge in [0.05, 0.1) is 18.2 Å². The van der Waals surface area contributed by atoms with Crippen molar-refractivity contribution in [1.29, 1.82) is 0 Å². The Kier molecular flexibility index (Phi) is 3.66. The Morgan fingerprint density at radius 3 is 2.74 bits per heavy atom. The monoisotopic (exact) mass is 358 g/mol. The van der Waals surface area contributed by atoms with Gasteiger partial charge in [0.25, 0.3) is 0 Å². The van der Waals surface area contributed by atoms with Crippen molar-refractivity contribution >= 4 is 10.9 Å². The van der Waals surface area contributed by atoms with Gasteiger partial charge >= 0.3 is 0 Å². The second kappa shape index (κ2) is 6.22. The zero-order valence-corrected chi connectivity index (χ0v) is 15.7. The van der Waals surface area contributed by atoms with Gasteiger partial charge in [-0.3, -0.25) is 4.90 Å². The Balaban J connectivity index is 1.46. The highest BCUT2D eigenvalue weighted by atomic mass is 16.5. The molecule has 138 valence electrons. The van der Waals surface area contributed by atoms with Crippen LogP contribution in [0.3, 0.4) is 0 Å². The zero-order chi connectivity index (χ0) is 17.8. The van der Waals surface area contributed by atoms with E-state index in [0.717, 1.165) is 12.3 Å². The third kappa shape index (κ3) is 2.41. The highest BCUT2D eigenvalue weighted by molar-refractivity contribution is 5.86. The van der Waals surface area contributed by atoms with Gasteiger partial charge in [-0.05, 0) is 55.3 Å². The van der Waals surface area contributed by atoms with Gasteiger partial charge in [-0.25, -0.2) is 0 Å². The average Bonchev–Trinajstić information content (AvgIpc) is 3.07. The molecule has 2 aromatic carbocycles. The van der Waals surface area contributed by atoms with Gasteiger partial charge in [-0.15, -0.1) is 0 Å². The summed E-state index contributed by atoms with van der Waals surface area (Å²) in [7, 11) is 0. The van der Waals surface area contributed by atoms with Gasteiger partial charge in [-0.1, -0.05) is 48.5 Å². The molecule has 3 atom stereocenters. The molecule has 0 radical (unpaired) electrons. The molecule has 0 saturated carbocycles. The number of aromatic nitrogens is 1. The third-order valence-electron chi connectivity index (χ3n) is 6.92. The van der Waals surface area contributed by atoms with Crippen LogP contribution < -0.4 is 0 Å². The van der Waals surface area contributed by atoms with Crippen molar-refractivity contribution < 1.29 is 4.74 Å². The fraction of sp³-hybridized carbons (Fsp3) is 0.417. The van der Waals surface area contributed by atoms with Crippen molar-refractivity contribution in [2.75, 3.05) is 13.1 Å².